The number of rotatable bonds is 6. The lowest BCUT2D eigenvalue weighted by Crippen LogP contribution is -2.33. The molecule has 0 heterocycles. The van der Waals surface area contributed by atoms with Crippen molar-refractivity contribution in [2.75, 3.05) is 6.61 Å². The molecule has 1 amide bonds. The molecule has 0 saturated heterocycles. The van der Waals surface area contributed by atoms with Gasteiger partial charge in [-0.25, -0.2) is 0 Å². The van der Waals surface area contributed by atoms with E-state index in [1.54, 1.807) is 19.1 Å². The standard InChI is InChI=1S/C15H20ClNO2/c1-11(10-13-7-3-4-8-14(13)16)15(19)17-12(2)6-5-9-18/h3-4,7-8,10,12,18H,5-6,9H2,1-2H3,(H,17,19)/b11-10+. The second-order valence-electron chi connectivity index (χ2n) is 4.59. The number of hydrogen-bond acceptors (Lipinski definition) is 2. The van der Waals surface area contributed by atoms with Crippen LogP contribution in [0.5, 0.6) is 0 Å². The van der Waals surface area contributed by atoms with Crippen molar-refractivity contribution in [3.8, 4) is 0 Å². The number of carbonyl (C=O) groups excluding carboxylic acids is 1. The average molecular weight is 282 g/mol. The van der Waals surface area contributed by atoms with Gasteiger partial charge in [-0.05, 0) is 44.4 Å². The molecule has 0 fully saturated rings. The first kappa shape index (κ1) is 15.7. The fourth-order valence-corrected chi connectivity index (χ4v) is 1.89. The summed E-state index contributed by atoms with van der Waals surface area (Å²) in [6.07, 6.45) is 3.23. The van der Waals surface area contributed by atoms with Crippen LogP contribution >= 0.6 is 11.6 Å². The Morgan fingerprint density at radius 2 is 2.16 bits per heavy atom. The van der Waals surface area contributed by atoms with Crippen LogP contribution in [0.25, 0.3) is 6.08 Å². The lowest BCUT2D eigenvalue weighted by atomic mass is 10.1. The van der Waals surface area contributed by atoms with Crippen molar-refractivity contribution in [1.82, 2.24) is 5.32 Å². The number of aliphatic hydroxyl groups excluding tert-OH is 1. The van der Waals surface area contributed by atoms with Crippen LogP contribution in [0.4, 0.5) is 0 Å². The number of aliphatic hydroxyl groups is 1. The number of nitrogens with one attached hydrogen (secondary N) is 1. The van der Waals surface area contributed by atoms with E-state index in [1.165, 1.54) is 0 Å². The van der Waals surface area contributed by atoms with E-state index in [9.17, 15) is 4.79 Å². The largest absolute Gasteiger partial charge is 0.396 e. The average Bonchev–Trinajstić information content (AvgIpc) is 2.38. The Morgan fingerprint density at radius 3 is 2.79 bits per heavy atom. The molecule has 0 aliphatic heterocycles. The molecule has 0 spiro atoms. The van der Waals surface area contributed by atoms with Gasteiger partial charge in [0.25, 0.3) is 0 Å². The van der Waals surface area contributed by atoms with Gasteiger partial charge < -0.3 is 10.4 Å². The van der Waals surface area contributed by atoms with Crippen molar-refractivity contribution < 1.29 is 9.90 Å². The Bertz CT molecular complexity index is 457. The molecule has 19 heavy (non-hydrogen) atoms. The highest BCUT2D eigenvalue weighted by molar-refractivity contribution is 6.32. The van der Waals surface area contributed by atoms with Crippen LogP contribution in [0.2, 0.25) is 5.02 Å². The third-order valence-corrected chi connectivity index (χ3v) is 3.15. The minimum Gasteiger partial charge on any atom is -0.396 e. The van der Waals surface area contributed by atoms with Crippen LogP contribution in [-0.2, 0) is 4.79 Å². The van der Waals surface area contributed by atoms with Crippen LogP contribution in [0.3, 0.4) is 0 Å². The second-order valence-corrected chi connectivity index (χ2v) is 5.00. The third kappa shape index (κ3) is 5.45. The van der Waals surface area contributed by atoms with Crippen molar-refractivity contribution >= 4 is 23.6 Å². The van der Waals surface area contributed by atoms with Crippen LogP contribution < -0.4 is 5.32 Å². The predicted octanol–water partition coefficient (Wildman–Crippen LogP) is 3.02. The molecular formula is C15H20ClNO2. The van der Waals surface area contributed by atoms with Crippen molar-refractivity contribution in [2.45, 2.75) is 32.7 Å². The summed E-state index contributed by atoms with van der Waals surface area (Å²) in [6, 6.07) is 7.45. The first-order chi connectivity index (χ1) is 9.04. The van der Waals surface area contributed by atoms with Crippen LogP contribution in [0, 0.1) is 0 Å². The second kappa shape index (κ2) is 7.97. The van der Waals surface area contributed by atoms with Crippen molar-refractivity contribution in [1.29, 1.82) is 0 Å². The Kier molecular flexibility index (Phi) is 6.60. The number of halogens is 1. The van der Waals surface area contributed by atoms with E-state index >= 15 is 0 Å². The molecule has 0 aromatic heterocycles. The molecule has 0 bridgehead atoms. The Morgan fingerprint density at radius 1 is 1.47 bits per heavy atom. The fourth-order valence-electron chi connectivity index (χ4n) is 1.70. The fraction of sp³-hybridized carbons (Fsp3) is 0.400. The van der Waals surface area contributed by atoms with E-state index in [1.807, 2.05) is 25.1 Å². The summed E-state index contributed by atoms with van der Waals surface area (Å²) in [5, 5.41) is 12.3. The number of hydrogen-bond donors (Lipinski definition) is 2. The number of benzene rings is 1. The molecule has 1 aromatic rings. The normalized spacial score (nSPS) is 13.2. The van der Waals surface area contributed by atoms with Crippen molar-refractivity contribution in [3.05, 3.63) is 40.4 Å². The number of amides is 1. The summed E-state index contributed by atoms with van der Waals surface area (Å²) in [5.41, 5.74) is 1.45. The summed E-state index contributed by atoms with van der Waals surface area (Å²) < 4.78 is 0. The van der Waals surface area contributed by atoms with Gasteiger partial charge in [0, 0.05) is 23.2 Å². The van der Waals surface area contributed by atoms with E-state index in [2.05, 4.69) is 5.32 Å². The van der Waals surface area contributed by atoms with Gasteiger partial charge in [-0.15, -0.1) is 0 Å². The maximum Gasteiger partial charge on any atom is 0.247 e. The van der Waals surface area contributed by atoms with Crippen LogP contribution in [0.1, 0.15) is 32.3 Å². The first-order valence-corrected chi connectivity index (χ1v) is 6.77. The van der Waals surface area contributed by atoms with Gasteiger partial charge in [-0.2, -0.15) is 0 Å². The summed E-state index contributed by atoms with van der Waals surface area (Å²) >= 11 is 6.04. The first-order valence-electron chi connectivity index (χ1n) is 6.39. The van der Waals surface area contributed by atoms with E-state index in [0.29, 0.717) is 17.0 Å². The maximum atomic E-state index is 11.9. The molecule has 0 aliphatic carbocycles. The highest BCUT2D eigenvalue weighted by Gasteiger charge is 2.09. The van der Waals surface area contributed by atoms with Gasteiger partial charge in [-0.1, -0.05) is 29.8 Å². The van der Waals surface area contributed by atoms with Gasteiger partial charge in [0.05, 0.1) is 0 Å². The lowest BCUT2D eigenvalue weighted by Gasteiger charge is -2.13. The summed E-state index contributed by atoms with van der Waals surface area (Å²) in [5.74, 6) is -0.106. The van der Waals surface area contributed by atoms with Gasteiger partial charge >= 0.3 is 0 Å². The van der Waals surface area contributed by atoms with Gasteiger partial charge in [-0.3, -0.25) is 4.79 Å². The van der Waals surface area contributed by atoms with E-state index in [0.717, 1.165) is 12.0 Å². The smallest absolute Gasteiger partial charge is 0.247 e. The molecule has 3 nitrogen and oxygen atoms in total. The summed E-state index contributed by atoms with van der Waals surface area (Å²) in [6.45, 7) is 3.84. The molecule has 104 valence electrons. The van der Waals surface area contributed by atoms with Crippen LogP contribution in [-0.4, -0.2) is 23.7 Å². The van der Waals surface area contributed by atoms with Crippen molar-refractivity contribution in [3.63, 3.8) is 0 Å². The van der Waals surface area contributed by atoms with Gasteiger partial charge in [0.2, 0.25) is 5.91 Å². The minimum atomic E-state index is -0.106. The molecule has 0 aliphatic rings. The molecule has 2 N–H and O–H groups in total. The zero-order chi connectivity index (χ0) is 14.3. The van der Waals surface area contributed by atoms with Gasteiger partial charge in [0.15, 0.2) is 0 Å². The topological polar surface area (TPSA) is 49.3 Å². The monoisotopic (exact) mass is 281 g/mol. The third-order valence-electron chi connectivity index (χ3n) is 2.81. The quantitative estimate of drug-likeness (QED) is 0.788. The molecule has 4 heteroatoms. The molecule has 0 saturated carbocycles. The zero-order valence-electron chi connectivity index (χ0n) is 11.3. The molecule has 1 rings (SSSR count). The molecular weight excluding hydrogens is 262 g/mol. The Hall–Kier alpha value is -1.32. The maximum absolute atomic E-state index is 11.9. The predicted molar refractivity (Wildman–Crippen MR) is 79.0 cm³/mol. The minimum absolute atomic E-state index is 0.0502. The highest BCUT2D eigenvalue weighted by Crippen LogP contribution is 2.18. The summed E-state index contributed by atoms with van der Waals surface area (Å²) in [4.78, 5) is 11.9. The van der Waals surface area contributed by atoms with Gasteiger partial charge in [0.1, 0.15) is 0 Å². The number of carbonyl (C=O) groups is 1. The zero-order valence-corrected chi connectivity index (χ0v) is 12.1. The Labute approximate surface area is 119 Å². The van der Waals surface area contributed by atoms with E-state index in [4.69, 9.17) is 16.7 Å². The summed E-state index contributed by atoms with van der Waals surface area (Å²) in [7, 11) is 0. The Balaban J connectivity index is 2.64. The molecule has 1 atom stereocenters. The van der Waals surface area contributed by atoms with E-state index < -0.39 is 0 Å². The van der Waals surface area contributed by atoms with Crippen molar-refractivity contribution in [2.24, 2.45) is 0 Å². The van der Waals surface area contributed by atoms with E-state index in [-0.39, 0.29) is 18.6 Å². The lowest BCUT2D eigenvalue weighted by molar-refractivity contribution is -0.118. The molecule has 0 radical (unpaired) electrons. The highest BCUT2D eigenvalue weighted by atomic mass is 35.5. The van der Waals surface area contributed by atoms with Crippen LogP contribution in [0.15, 0.2) is 29.8 Å². The molecule has 1 aromatic carbocycles. The molecule has 1 unspecified atom stereocenters. The SMILES string of the molecule is C/C(=C\c1ccccc1Cl)C(=O)NC(C)CCCO.